The maximum atomic E-state index is 12.3. The fourth-order valence-corrected chi connectivity index (χ4v) is 2.88. The van der Waals surface area contributed by atoms with E-state index in [0.29, 0.717) is 6.54 Å². The van der Waals surface area contributed by atoms with Crippen molar-refractivity contribution in [2.24, 2.45) is 0 Å². The van der Waals surface area contributed by atoms with E-state index in [-0.39, 0.29) is 5.91 Å². The second-order valence-electron chi connectivity index (χ2n) is 5.29. The molecule has 0 saturated carbocycles. The number of amides is 1. The molecule has 2 rings (SSSR count). The molecule has 1 aromatic carbocycles. The molecule has 1 aliphatic rings. The fourth-order valence-electron chi connectivity index (χ4n) is 2.43. The van der Waals surface area contributed by atoms with Crippen LogP contribution in [0.2, 0.25) is 0 Å². The zero-order chi connectivity index (χ0) is 14.4. The summed E-state index contributed by atoms with van der Waals surface area (Å²) in [5.74, 6) is 0.228. The van der Waals surface area contributed by atoms with Gasteiger partial charge in [0.1, 0.15) is 0 Å². The lowest BCUT2D eigenvalue weighted by atomic mass is 10.2. The molecule has 1 N–H and O–H groups in total. The lowest BCUT2D eigenvalue weighted by molar-refractivity contribution is -0.132. The van der Waals surface area contributed by atoms with Gasteiger partial charge in [-0.2, -0.15) is 0 Å². The average molecular weight is 340 g/mol. The molecule has 0 bridgehead atoms. The predicted octanol–water partition coefficient (Wildman–Crippen LogP) is 1.70. The van der Waals surface area contributed by atoms with E-state index in [0.717, 1.165) is 43.6 Å². The molecule has 20 heavy (non-hydrogen) atoms. The molecule has 1 aromatic rings. The van der Waals surface area contributed by atoms with Crippen molar-refractivity contribution in [1.82, 2.24) is 15.1 Å². The third-order valence-corrected chi connectivity index (χ3v) is 3.93. The number of benzene rings is 1. The summed E-state index contributed by atoms with van der Waals surface area (Å²) in [5.41, 5.74) is 1.22. The Kier molecular flexibility index (Phi) is 6.01. The maximum Gasteiger partial charge on any atom is 0.236 e. The number of halogens is 1. The van der Waals surface area contributed by atoms with Crippen LogP contribution in [0.4, 0.5) is 0 Å². The lowest BCUT2D eigenvalue weighted by Crippen LogP contribution is -2.40. The Labute approximate surface area is 129 Å². The minimum atomic E-state index is 0.228. The molecule has 0 spiro atoms. The van der Waals surface area contributed by atoms with Gasteiger partial charge in [0.15, 0.2) is 0 Å². The summed E-state index contributed by atoms with van der Waals surface area (Å²) in [4.78, 5) is 16.3. The van der Waals surface area contributed by atoms with Crippen LogP contribution < -0.4 is 5.32 Å². The summed E-state index contributed by atoms with van der Waals surface area (Å²) < 4.78 is 1.08. The van der Waals surface area contributed by atoms with Gasteiger partial charge in [0, 0.05) is 30.7 Å². The summed E-state index contributed by atoms with van der Waals surface area (Å²) >= 11 is 3.47. The molecular formula is C15H22BrN3O. The number of hydrogen-bond donors (Lipinski definition) is 1. The number of nitrogens with one attached hydrogen (secondary N) is 1. The second-order valence-corrected chi connectivity index (χ2v) is 6.20. The molecule has 0 aromatic heterocycles. The lowest BCUT2D eigenvalue weighted by Gasteiger charge is -2.24. The van der Waals surface area contributed by atoms with E-state index in [4.69, 9.17) is 0 Å². The molecule has 4 nitrogen and oxygen atoms in total. The third-order valence-electron chi connectivity index (χ3n) is 3.44. The molecule has 1 heterocycles. The van der Waals surface area contributed by atoms with Gasteiger partial charge in [-0.1, -0.05) is 28.1 Å². The van der Waals surface area contributed by atoms with Crippen molar-refractivity contribution in [3.8, 4) is 0 Å². The normalized spacial score (nSPS) is 16.2. The smallest absolute Gasteiger partial charge is 0.236 e. The van der Waals surface area contributed by atoms with Crippen LogP contribution in [0.5, 0.6) is 0 Å². The van der Waals surface area contributed by atoms with Crippen LogP contribution in [-0.2, 0) is 11.3 Å². The minimum Gasteiger partial charge on any atom is -0.340 e. The van der Waals surface area contributed by atoms with Crippen molar-refractivity contribution >= 4 is 21.8 Å². The van der Waals surface area contributed by atoms with Gasteiger partial charge in [-0.05, 0) is 37.7 Å². The highest BCUT2D eigenvalue weighted by Crippen LogP contribution is 2.13. The van der Waals surface area contributed by atoms with Crippen molar-refractivity contribution in [1.29, 1.82) is 0 Å². The van der Waals surface area contributed by atoms with Crippen LogP contribution in [0.15, 0.2) is 28.7 Å². The highest BCUT2D eigenvalue weighted by molar-refractivity contribution is 9.10. The van der Waals surface area contributed by atoms with E-state index in [1.807, 2.05) is 24.1 Å². The van der Waals surface area contributed by atoms with Crippen LogP contribution >= 0.6 is 15.9 Å². The number of carbonyl (C=O) groups is 1. The number of rotatable bonds is 4. The number of hydrogen-bond acceptors (Lipinski definition) is 3. The van der Waals surface area contributed by atoms with Crippen LogP contribution in [0.1, 0.15) is 12.0 Å². The minimum absolute atomic E-state index is 0.228. The molecule has 110 valence electrons. The molecule has 1 fully saturated rings. The SMILES string of the molecule is CN(CC(=O)N1CCCNCC1)Cc1cccc(Br)c1. The first-order valence-corrected chi connectivity index (χ1v) is 7.86. The van der Waals surface area contributed by atoms with E-state index in [1.165, 1.54) is 5.56 Å². The first kappa shape index (κ1) is 15.5. The molecule has 1 aliphatic heterocycles. The summed E-state index contributed by atoms with van der Waals surface area (Å²) in [6.07, 6.45) is 1.04. The van der Waals surface area contributed by atoms with E-state index in [9.17, 15) is 4.79 Å². The van der Waals surface area contributed by atoms with E-state index >= 15 is 0 Å². The van der Waals surface area contributed by atoms with E-state index in [2.05, 4.69) is 38.3 Å². The molecule has 5 heteroatoms. The van der Waals surface area contributed by atoms with Gasteiger partial charge in [-0.3, -0.25) is 9.69 Å². The Morgan fingerprint density at radius 1 is 1.40 bits per heavy atom. The Bertz CT molecular complexity index is 444. The van der Waals surface area contributed by atoms with Crippen LogP contribution in [0.25, 0.3) is 0 Å². The summed E-state index contributed by atoms with van der Waals surface area (Å²) in [5, 5.41) is 3.32. The van der Waals surface area contributed by atoms with Gasteiger partial charge in [0.2, 0.25) is 5.91 Å². The molecular weight excluding hydrogens is 318 g/mol. The Balaban J connectivity index is 1.84. The van der Waals surface area contributed by atoms with Gasteiger partial charge >= 0.3 is 0 Å². The highest BCUT2D eigenvalue weighted by Gasteiger charge is 2.16. The molecule has 0 aliphatic carbocycles. The van der Waals surface area contributed by atoms with Crippen LogP contribution in [0.3, 0.4) is 0 Å². The maximum absolute atomic E-state index is 12.3. The monoisotopic (exact) mass is 339 g/mol. The summed E-state index contributed by atoms with van der Waals surface area (Å²) in [6, 6.07) is 8.22. The highest BCUT2D eigenvalue weighted by atomic mass is 79.9. The number of nitrogens with zero attached hydrogens (tertiary/aromatic N) is 2. The average Bonchev–Trinajstić information content (AvgIpc) is 2.67. The number of carbonyl (C=O) groups excluding carboxylic acids is 1. The van der Waals surface area contributed by atoms with Crippen molar-refractivity contribution in [2.45, 2.75) is 13.0 Å². The Morgan fingerprint density at radius 3 is 3.05 bits per heavy atom. The zero-order valence-electron chi connectivity index (χ0n) is 11.9. The fraction of sp³-hybridized carbons (Fsp3) is 0.533. The summed E-state index contributed by atoms with van der Waals surface area (Å²) in [6.45, 7) is 4.88. The second kappa shape index (κ2) is 7.76. The summed E-state index contributed by atoms with van der Waals surface area (Å²) in [7, 11) is 1.99. The Hall–Kier alpha value is -0.910. The Morgan fingerprint density at radius 2 is 2.25 bits per heavy atom. The van der Waals surface area contributed by atoms with Crippen molar-refractivity contribution in [3.63, 3.8) is 0 Å². The largest absolute Gasteiger partial charge is 0.340 e. The van der Waals surface area contributed by atoms with Crippen LogP contribution in [0, 0.1) is 0 Å². The molecule has 0 atom stereocenters. The van der Waals surface area contributed by atoms with Gasteiger partial charge < -0.3 is 10.2 Å². The first-order chi connectivity index (χ1) is 9.65. The van der Waals surface area contributed by atoms with E-state index < -0.39 is 0 Å². The van der Waals surface area contributed by atoms with Crippen molar-refractivity contribution < 1.29 is 4.79 Å². The van der Waals surface area contributed by atoms with Crippen molar-refractivity contribution in [3.05, 3.63) is 34.3 Å². The van der Waals surface area contributed by atoms with Gasteiger partial charge in [0.25, 0.3) is 0 Å². The standard InChI is InChI=1S/C15H22BrN3O/c1-18(11-13-4-2-5-14(16)10-13)12-15(20)19-8-3-6-17-7-9-19/h2,4-5,10,17H,3,6-9,11-12H2,1H3. The van der Waals surface area contributed by atoms with Crippen molar-refractivity contribution in [2.75, 3.05) is 39.8 Å². The molecule has 1 saturated heterocycles. The topological polar surface area (TPSA) is 35.6 Å². The van der Waals surface area contributed by atoms with E-state index in [1.54, 1.807) is 0 Å². The molecule has 0 unspecified atom stereocenters. The molecule has 1 amide bonds. The zero-order valence-corrected chi connectivity index (χ0v) is 13.5. The molecule has 0 radical (unpaired) electrons. The van der Waals surface area contributed by atoms with Gasteiger partial charge in [-0.25, -0.2) is 0 Å². The number of likely N-dealkylation sites (N-methyl/N-ethyl adjacent to an activating group) is 1. The predicted molar refractivity (Wildman–Crippen MR) is 84.5 cm³/mol. The third kappa shape index (κ3) is 4.89. The van der Waals surface area contributed by atoms with Gasteiger partial charge in [-0.15, -0.1) is 0 Å². The van der Waals surface area contributed by atoms with Crippen LogP contribution in [-0.4, -0.2) is 55.5 Å². The first-order valence-electron chi connectivity index (χ1n) is 7.06. The van der Waals surface area contributed by atoms with Gasteiger partial charge in [0.05, 0.1) is 6.54 Å². The quantitative estimate of drug-likeness (QED) is 0.906.